The van der Waals surface area contributed by atoms with Gasteiger partial charge in [0.2, 0.25) is 0 Å². The maximum Gasteiger partial charge on any atom is 0.259 e. The van der Waals surface area contributed by atoms with E-state index in [0.717, 1.165) is 24.4 Å². The summed E-state index contributed by atoms with van der Waals surface area (Å²) in [4.78, 5) is 6.51. The summed E-state index contributed by atoms with van der Waals surface area (Å²) in [6, 6.07) is 8.03. The lowest BCUT2D eigenvalue weighted by Gasteiger charge is -2.23. The largest absolute Gasteiger partial charge is 0.489 e. The normalized spacial score (nSPS) is 23.7. The number of likely N-dealkylation sites (tertiary alicyclic amines) is 1. The molecule has 6 heteroatoms. The first kappa shape index (κ1) is 15.4. The highest BCUT2D eigenvalue weighted by molar-refractivity contribution is 5.62. The van der Waals surface area contributed by atoms with Crippen molar-refractivity contribution in [1.29, 1.82) is 0 Å². The van der Waals surface area contributed by atoms with E-state index in [2.05, 4.69) is 27.2 Å². The average molecular weight is 327 g/mol. The highest BCUT2D eigenvalue weighted by Gasteiger charge is 2.42. The minimum Gasteiger partial charge on any atom is -0.489 e. The van der Waals surface area contributed by atoms with Gasteiger partial charge >= 0.3 is 0 Å². The van der Waals surface area contributed by atoms with Crippen LogP contribution >= 0.6 is 0 Å². The smallest absolute Gasteiger partial charge is 0.259 e. The third kappa shape index (κ3) is 2.83. The van der Waals surface area contributed by atoms with E-state index in [1.807, 2.05) is 25.1 Å². The predicted molar refractivity (Wildman–Crippen MR) is 88.5 cm³/mol. The van der Waals surface area contributed by atoms with Crippen LogP contribution in [-0.4, -0.2) is 46.4 Å². The first-order valence-electron chi connectivity index (χ1n) is 8.35. The van der Waals surface area contributed by atoms with Gasteiger partial charge in [-0.2, -0.15) is 4.98 Å². The molecule has 1 fully saturated rings. The molecule has 0 amide bonds. The van der Waals surface area contributed by atoms with E-state index in [0.29, 0.717) is 37.7 Å². The zero-order valence-corrected chi connectivity index (χ0v) is 13.7. The summed E-state index contributed by atoms with van der Waals surface area (Å²) in [5.41, 5.74) is 1.27. The molecule has 1 N–H and O–H groups in total. The topological polar surface area (TPSA) is 71.6 Å². The van der Waals surface area contributed by atoms with Crippen LogP contribution in [0.1, 0.15) is 30.6 Å². The standard InChI is InChI=1S/C18H21N3O3/c1-2-16-19-17(24-20-16)18(22)7-8-21(12-18)10-13-9-14-5-3-4-6-15(14)23-11-13/h3-6,9,22H,2,7-8,10-12H2,1H3. The van der Waals surface area contributed by atoms with Gasteiger partial charge < -0.3 is 14.4 Å². The van der Waals surface area contributed by atoms with Crippen LogP contribution in [-0.2, 0) is 12.0 Å². The van der Waals surface area contributed by atoms with Gasteiger partial charge in [0, 0.05) is 31.6 Å². The monoisotopic (exact) mass is 327 g/mol. The Balaban J connectivity index is 1.45. The lowest BCUT2D eigenvalue weighted by atomic mass is 10.0. The number of nitrogens with zero attached hydrogens (tertiary/aromatic N) is 3. The van der Waals surface area contributed by atoms with E-state index in [1.54, 1.807) is 0 Å². The first-order valence-corrected chi connectivity index (χ1v) is 8.35. The van der Waals surface area contributed by atoms with E-state index >= 15 is 0 Å². The summed E-state index contributed by atoms with van der Waals surface area (Å²) in [5, 5.41) is 14.7. The number of rotatable bonds is 4. The van der Waals surface area contributed by atoms with Gasteiger partial charge in [-0.15, -0.1) is 0 Å². The Morgan fingerprint density at radius 2 is 2.21 bits per heavy atom. The molecule has 0 saturated carbocycles. The quantitative estimate of drug-likeness (QED) is 0.926. The van der Waals surface area contributed by atoms with Crippen molar-refractivity contribution in [2.75, 3.05) is 26.2 Å². The molecule has 1 unspecified atom stereocenters. The minimum absolute atomic E-state index is 0.334. The zero-order chi connectivity index (χ0) is 16.6. The summed E-state index contributed by atoms with van der Waals surface area (Å²) in [5.74, 6) is 1.90. The summed E-state index contributed by atoms with van der Waals surface area (Å²) >= 11 is 0. The van der Waals surface area contributed by atoms with E-state index < -0.39 is 5.60 Å². The number of benzene rings is 1. The summed E-state index contributed by atoms with van der Waals surface area (Å²) in [6.45, 7) is 4.61. The lowest BCUT2D eigenvalue weighted by Crippen LogP contribution is -2.33. The van der Waals surface area contributed by atoms with Crippen LogP contribution in [0.2, 0.25) is 0 Å². The van der Waals surface area contributed by atoms with E-state index in [1.165, 1.54) is 5.57 Å². The number of fused-ring (bicyclic) bond motifs is 1. The molecule has 24 heavy (non-hydrogen) atoms. The Morgan fingerprint density at radius 1 is 1.33 bits per heavy atom. The molecule has 0 bridgehead atoms. The molecular formula is C18H21N3O3. The van der Waals surface area contributed by atoms with Crippen molar-refractivity contribution in [1.82, 2.24) is 15.0 Å². The van der Waals surface area contributed by atoms with Gasteiger partial charge in [0.15, 0.2) is 11.4 Å². The van der Waals surface area contributed by atoms with Gasteiger partial charge in [0.1, 0.15) is 12.4 Å². The fourth-order valence-electron chi connectivity index (χ4n) is 3.31. The molecule has 3 heterocycles. The number of ether oxygens (including phenoxy) is 1. The van der Waals surface area contributed by atoms with E-state index in [9.17, 15) is 5.11 Å². The maximum atomic E-state index is 10.8. The van der Waals surface area contributed by atoms with Crippen LogP contribution in [0, 0.1) is 0 Å². The minimum atomic E-state index is -1.05. The number of hydrogen-bond donors (Lipinski definition) is 1. The Hall–Kier alpha value is -2.18. The molecule has 2 aliphatic rings. The molecule has 0 aliphatic carbocycles. The Morgan fingerprint density at radius 3 is 3.04 bits per heavy atom. The third-order valence-electron chi connectivity index (χ3n) is 4.63. The lowest BCUT2D eigenvalue weighted by molar-refractivity contribution is 0.0144. The molecule has 1 saturated heterocycles. The average Bonchev–Trinajstić information content (AvgIpc) is 3.23. The number of hydrogen-bond acceptors (Lipinski definition) is 6. The second kappa shape index (κ2) is 6.03. The summed E-state index contributed by atoms with van der Waals surface area (Å²) < 4.78 is 11.1. The van der Waals surface area contributed by atoms with Crippen molar-refractivity contribution in [3.05, 3.63) is 47.1 Å². The van der Waals surface area contributed by atoms with E-state index in [-0.39, 0.29) is 0 Å². The highest BCUT2D eigenvalue weighted by atomic mass is 16.5. The first-order chi connectivity index (χ1) is 11.7. The van der Waals surface area contributed by atoms with Gasteiger partial charge in [-0.25, -0.2) is 0 Å². The van der Waals surface area contributed by atoms with Crippen LogP contribution in [0.4, 0.5) is 0 Å². The van der Waals surface area contributed by atoms with Crippen LogP contribution in [0.5, 0.6) is 5.75 Å². The number of para-hydroxylation sites is 1. The number of aliphatic hydroxyl groups is 1. The van der Waals surface area contributed by atoms with Gasteiger partial charge in [0.25, 0.3) is 5.89 Å². The van der Waals surface area contributed by atoms with Gasteiger partial charge in [-0.3, -0.25) is 4.90 Å². The van der Waals surface area contributed by atoms with Crippen LogP contribution in [0.25, 0.3) is 6.08 Å². The summed E-state index contributed by atoms with van der Waals surface area (Å²) in [6.07, 6.45) is 3.48. The number of aryl methyl sites for hydroxylation is 1. The van der Waals surface area contributed by atoms with Crippen molar-refractivity contribution in [3.63, 3.8) is 0 Å². The van der Waals surface area contributed by atoms with Crippen LogP contribution in [0.3, 0.4) is 0 Å². The van der Waals surface area contributed by atoms with Gasteiger partial charge in [-0.05, 0) is 24.1 Å². The number of β-amino-alcohol motifs (C(OH)–C–C–N with tert-alkyl or cyclic N) is 1. The molecule has 4 rings (SSSR count). The highest BCUT2D eigenvalue weighted by Crippen LogP contribution is 2.32. The number of aromatic nitrogens is 2. The molecule has 2 aromatic rings. The van der Waals surface area contributed by atoms with Crippen molar-refractivity contribution in [2.24, 2.45) is 0 Å². The Bertz CT molecular complexity index is 770. The maximum absolute atomic E-state index is 10.8. The summed E-state index contributed by atoms with van der Waals surface area (Å²) in [7, 11) is 0. The Kier molecular flexibility index (Phi) is 3.86. The molecule has 1 aromatic carbocycles. The molecule has 0 spiro atoms. The zero-order valence-electron chi connectivity index (χ0n) is 13.7. The van der Waals surface area contributed by atoms with Crippen molar-refractivity contribution in [2.45, 2.75) is 25.4 Å². The van der Waals surface area contributed by atoms with E-state index in [4.69, 9.17) is 9.26 Å². The molecule has 0 radical (unpaired) electrons. The third-order valence-corrected chi connectivity index (χ3v) is 4.63. The fraction of sp³-hybridized carbons (Fsp3) is 0.444. The molecule has 1 aromatic heterocycles. The molecule has 6 nitrogen and oxygen atoms in total. The van der Waals surface area contributed by atoms with Crippen molar-refractivity contribution >= 4 is 6.08 Å². The van der Waals surface area contributed by atoms with Crippen LogP contribution in [0.15, 0.2) is 34.4 Å². The SMILES string of the molecule is CCc1noc(C2(O)CCN(CC3=Cc4ccccc4OC3)C2)n1. The molecular weight excluding hydrogens is 306 g/mol. The predicted octanol–water partition coefficient (Wildman–Crippen LogP) is 2.00. The molecule has 126 valence electrons. The van der Waals surface area contributed by atoms with Gasteiger partial charge in [0.05, 0.1) is 0 Å². The second-order valence-electron chi connectivity index (χ2n) is 6.49. The molecule has 1 atom stereocenters. The van der Waals surface area contributed by atoms with Crippen molar-refractivity contribution in [3.8, 4) is 5.75 Å². The fourth-order valence-corrected chi connectivity index (χ4v) is 3.31. The Labute approximate surface area is 140 Å². The van der Waals surface area contributed by atoms with Crippen molar-refractivity contribution < 1.29 is 14.4 Å². The van der Waals surface area contributed by atoms with Crippen LogP contribution < -0.4 is 4.74 Å². The second-order valence-corrected chi connectivity index (χ2v) is 6.49. The van der Waals surface area contributed by atoms with Gasteiger partial charge in [-0.1, -0.05) is 30.3 Å². The molecule has 2 aliphatic heterocycles.